The molecule has 1 aliphatic rings. The van der Waals surface area contributed by atoms with Crippen molar-refractivity contribution < 1.29 is 0 Å². The summed E-state index contributed by atoms with van der Waals surface area (Å²) in [6.45, 7) is 7.57. The molecule has 0 radical (unpaired) electrons. The van der Waals surface area contributed by atoms with Gasteiger partial charge in [-0.25, -0.2) is 0 Å². The summed E-state index contributed by atoms with van der Waals surface area (Å²) in [5.74, 6) is 0. The van der Waals surface area contributed by atoms with E-state index in [9.17, 15) is 0 Å². The van der Waals surface area contributed by atoms with E-state index in [-0.39, 0.29) is 0 Å². The highest BCUT2D eigenvalue weighted by molar-refractivity contribution is 7.71. The Hall–Kier alpha value is -1.13. The van der Waals surface area contributed by atoms with E-state index in [1.807, 2.05) is 0 Å². The van der Waals surface area contributed by atoms with Gasteiger partial charge in [0.2, 0.25) is 0 Å². The van der Waals surface area contributed by atoms with Crippen LogP contribution >= 0.6 is 12.2 Å². The van der Waals surface area contributed by atoms with Crippen LogP contribution in [0.4, 0.5) is 0 Å². The first kappa shape index (κ1) is 12.9. The molecule has 3 rings (SSSR count). The Kier molecular flexibility index (Phi) is 3.46. The highest BCUT2D eigenvalue weighted by Crippen LogP contribution is 2.26. The molecule has 0 unspecified atom stereocenters. The van der Waals surface area contributed by atoms with Crippen LogP contribution in [0.15, 0.2) is 18.2 Å². The monoisotopic (exact) mass is 275 g/mol. The quantitative estimate of drug-likeness (QED) is 0.845. The van der Waals surface area contributed by atoms with Gasteiger partial charge in [-0.05, 0) is 56.2 Å². The van der Waals surface area contributed by atoms with E-state index in [4.69, 9.17) is 12.2 Å². The molecule has 0 bridgehead atoms. The smallest absolute Gasteiger partial charge is 0.178 e. The topological polar surface area (TPSA) is 24.0 Å². The second kappa shape index (κ2) is 5.10. The van der Waals surface area contributed by atoms with Crippen molar-refractivity contribution in [2.24, 2.45) is 0 Å². The van der Waals surface area contributed by atoms with Crippen molar-refractivity contribution in [1.29, 1.82) is 0 Å². The fourth-order valence-corrected chi connectivity index (χ4v) is 3.07. The lowest BCUT2D eigenvalue weighted by atomic mass is 10.2. The molecule has 0 amide bonds. The molecule has 0 saturated heterocycles. The number of fused-ring (bicyclic) bond motifs is 1. The Morgan fingerprint density at radius 1 is 1.42 bits per heavy atom. The SMILES string of the molecule is CCN(CCn1c(=S)[nH]c2cc(C)ccc21)C1CC1. The maximum absolute atomic E-state index is 5.45. The molecule has 0 aliphatic heterocycles. The number of hydrogen-bond acceptors (Lipinski definition) is 2. The maximum atomic E-state index is 5.45. The molecule has 1 heterocycles. The average Bonchev–Trinajstić information content (AvgIpc) is 3.16. The summed E-state index contributed by atoms with van der Waals surface area (Å²) in [6, 6.07) is 7.32. The number of nitrogens with one attached hydrogen (secondary N) is 1. The number of H-pyrrole nitrogens is 1. The first-order valence-electron chi connectivity index (χ1n) is 7.12. The van der Waals surface area contributed by atoms with Gasteiger partial charge in [0.1, 0.15) is 0 Å². The largest absolute Gasteiger partial charge is 0.331 e. The van der Waals surface area contributed by atoms with Crippen LogP contribution in [0.2, 0.25) is 0 Å². The fraction of sp³-hybridized carbons (Fsp3) is 0.533. The molecule has 1 aliphatic carbocycles. The maximum Gasteiger partial charge on any atom is 0.178 e. The molecular weight excluding hydrogens is 254 g/mol. The molecule has 1 aromatic heterocycles. The molecule has 1 aromatic carbocycles. The van der Waals surface area contributed by atoms with Crippen LogP contribution in [0.25, 0.3) is 11.0 Å². The summed E-state index contributed by atoms with van der Waals surface area (Å²) < 4.78 is 3.07. The lowest BCUT2D eigenvalue weighted by Gasteiger charge is -2.20. The van der Waals surface area contributed by atoms with Gasteiger partial charge in [0.15, 0.2) is 4.77 Å². The molecule has 1 saturated carbocycles. The lowest BCUT2D eigenvalue weighted by molar-refractivity contribution is 0.267. The molecule has 3 nitrogen and oxygen atoms in total. The third kappa shape index (κ3) is 2.60. The Labute approximate surface area is 119 Å². The van der Waals surface area contributed by atoms with Crippen molar-refractivity contribution in [3.8, 4) is 0 Å². The van der Waals surface area contributed by atoms with Gasteiger partial charge in [-0.1, -0.05) is 13.0 Å². The number of hydrogen-bond donors (Lipinski definition) is 1. The van der Waals surface area contributed by atoms with Crippen molar-refractivity contribution in [3.63, 3.8) is 0 Å². The molecule has 4 heteroatoms. The van der Waals surface area contributed by atoms with E-state index in [1.54, 1.807) is 0 Å². The predicted molar refractivity (Wildman–Crippen MR) is 82.1 cm³/mol. The minimum absolute atomic E-state index is 0.826. The van der Waals surface area contributed by atoms with Crippen molar-refractivity contribution >= 4 is 23.3 Å². The zero-order chi connectivity index (χ0) is 13.4. The van der Waals surface area contributed by atoms with Gasteiger partial charge in [-0.2, -0.15) is 0 Å². The molecule has 102 valence electrons. The Balaban J connectivity index is 1.83. The van der Waals surface area contributed by atoms with Crippen LogP contribution in [0.3, 0.4) is 0 Å². The van der Waals surface area contributed by atoms with Gasteiger partial charge in [0.25, 0.3) is 0 Å². The van der Waals surface area contributed by atoms with Crippen LogP contribution in [-0.4, -0.2) is 33.6 Å². The summed E-state index contributed by atoms with van der Waals surface area (Å²) in [5, 5.41) is 0. The third-order valence-corrected chi connectivity index (χ3v) is 4.33. The molecular formula is C15H21N3S. The predicted octanol–water partition coefficient (Wildman–Crippen LogP) is 3.49. The van der Waals surface area contributed by atoms with Gasteiger partial charge in [-0.3, -0.25) is 4.90 Å². The summed E-state index contributed by atoms with van der Waals surface area (Å²) in [5.41, 5.74) is 3.64. The minimum atomic E-state index is 0.826. The minimum Gasteiger partial charge on any atom is -0.331 e. The fourth-order valence-electron chi connectivity index (χ4n) is 2.77. The van der Waals surface area contributed by atoms with Gasteiger partial charge >= 0.3 is 0 Å². The summed E-state index contributed by atoms with van der Waals surface area (Å²) >= 11 is 5.45. The number of imidazole rings is 1. The highest BCUT2D eigenvalue weighted by atomic mass is 32.1. The molecule has 2 aromatic rings. The zero-order valence-electron chi connectivity index (χ0n) is 11.6. The standard InChI is InChI=1S/C15H21N3S/c1-3-17(12-5-6-12)8-9-18-14-7-4-11(2)10-13(14)16-15(18)19/h4,7,10,12H,3,5-6,8-9H2,1-2H3,(H,16,19). The Morgan fingerprint density at radius 3 is 2.89 bits per heavy atom. The number of nitrogens with zero attached hydrogens (tertiary/aromatic N) is 2. The van der Waals surface area contributed by atoms with Crippen LogP contribution in [0.1, 0.15) is 25.3 Å². The molecule has 0 spiro atoms. The van der Waals surface area contributed by atoms with Crippen LogP contribution in [0.5, 0.6) is 0 Å². The Bertz CT molecular complexity index is 636. The van der Waals surface area contributed by atoms with Crippen molar-refractivity contribution in [1.82, 2.24) is 14.5 Å². The van der Waals surface area contributed by atoms with Crippen molar-refractivity contribution in [3.05, 3.63) is 28.5 Å². The summed E-state index contributed by atoms with van der Waals surface area (Å²) in [6.07, 6.45) is 2.73. The van der Waals surface area contributed by atoms with Gasteiger partial charge in [0.05, 0.1) is 11.0 Å². The average molecular weight is 275 g/mol. The van der Waals surface area contributed by atoms with Crippen molar-refractivity contribution in [2.45, 2.75) is 39.3 Å². The molecule has 1 N–H and O–H groups in total. The van der Waals surface area contributed by atoms with Gasteiger partial charge < -0.3 is 9.55 Å². The molecule has 1 fully saturated rings. The van der Waals surface area contributed by atoms with E-state index >= 15 is 0 Å². The normalized spacial score (nSPS) is 15.5. The Morgan fingerprint density at radius 2 is 2.21 bits per heavy atom. The summed E-state index contributed by atoms with van der Waals surface area (Å²) in [7, 11) is 0. The number of aromatic nitrogens is 2. The summed E-state index contributed by atoms with van der Waals surface area (Å²) in [4.78, 5) is 5.88. The van der Waals surface area contributed by atoms with Crippen LogP contribution < -0.4 is 0 Å². The molecule has 19 heavy (non-hydrogen) atoms. The van der Waals surface area contributed by atoms with Gasteiger partial charge in [0, 0.05) is 19.1 Å². The first-order valence-corrected chi connectivity index (χ1v) is 7.53. The third-order valence-electron chi connectivity index (χ3n) is 4.01. The van der Waals surface area contributed by atoms with E-state index < -0.39 is 0 Å². The number of likely N-dealkylation sites (N-methyl/N-ethyl adjacent to an activating group) is 1. The van der Waals surface area contributed by atoms with Crippen LogP contribution in [0, 0.1) is 11.7 Å². The number of aromatic amines is 1. The number of benzene rings is 1. The van der Waals surface area contributed by atoms with Crippen LogP contribution in [-0.2, 0) is 6.54 Å². The van der Waals surface area contributed by atoms with E-state index in [1.165, 1.54) is 23.9 Å². The van der Waals surface area contributed by atoms with E-state index in [0.29, 0.717) is 0 Å². The number of aryl methyl sites for hydroxylation is 1. The molecule has 0 atom stereocenters. The van der Waals surface area contributed by atoms with Gasteiger partial charge in [-0.15, -0.1) is 0 Å². The second-order valence-electron chi connectivity index (χ2n) is 5.46. The number of rotatable bonds is 5. The first-order chi connectivity index (χ1) is 9.19. The van der Waals surface area contributed by atoms with Crippen molar-refractivity contribution in [2.75, 3.05) is 13.1 Å². The highest BCUT2D eigenvalue weighted by Gasteiger charge is 2.27. The lowest BCUT2D eigenvalue weighted by Crippen LogP contribution is -2.29. The second-order valence-corrected chi connectivity index (χ2v) is 5.85. The van der Waals surface area contributed by atoms with E-state index in [2.05, 4.69) is 46.5 Å². The van der Waals surface area contributed by atoms with E-state index in [0.717, 1.165) is 36.0 Å². The zero-order valence-corrected chi connectivity index (χ0v) is 12.5.